The van der Waals surface area contributed by atoms with E-state index in [0.717, 1.165) is 43.5 Å². The van der Waals surface area contributed by atoms with Crippen molar-refractivity contribution in [3.8, 4) is 11.5 Å². The highest BCUT2D eigenvalue weighted by Gasteiger charge is 2.26. The van der Waals surface area contributed by atoms with Gasteiger partial charge >= 0.3 is 0 Å². The van der Waals surface area contributed by atoms with Crippen LogP contribution in [0.5, 0.6) is 0 Å². The summed E-state index contributed by atoms with van der Waals surface area (Å²) in [6.07, 6.45) is 6.31. The van der Waals surface area contributed by atoms with Gasteiger partial charge in [0.05, 0.1) is 5.56 Å². The molecule has 0 bridgehead atoms. The molecule has 0 radical (unpaired) electrons. The lowest BCUT2D eigenvalue weighted by Crippen LogP contribution is -2.24. The van der Waals surface area contributed by atoms with Crippen LogP contribution < -0.4 is 10.2 Å². The van der Waals surface area contributed by atoms with Gasteiger partial charge in [-0.3, -0.25) is 9.78 Å². The monoisotopic (exact) mass is 391 g/mol. The van der Waals surface area contributed by atoms with Gasteiger partial charge in [0.2, 0.25) is 0 Å². The number of anilines is 1. The Kier molecular flexibility index (Phi) is 5.84. The molecule has 0 saturated carbocycles. The van der Waals surface area contributed by atoms with Gasteiger partial charge in [-0.2, -0.15) is 4.98 Å². The summed E-state index contributed by atoms with van der Waals surface area (Å²) in [6.45, 7) is 4.46. The third-order valence-corrected chi connectivity index (χ3v) is 5.12. The van der Waals surface area contributed by atoms with Crippen molar-refractivity contribution in [3.05, 3.63) is 59.9 Å². The summed E-state index contributed by atoms with van der Waals surface area (Å²) in [6, 6.07) is 11.7. The van der Waals surface area contributed by atoms with Gasteiger partial charge in [-0.1, -0.05) is 25.1 Å². The van der Waals surface area contributed by atoms with Crippen LogP contribution in [-0.4, -0.2) is 40.7 Å². The quantitative estimate of drug-likeness (QED) is 0.665. The second-order valence-electron chi connectivity index (χ2n) is 7.41. The maximum atomic E-state index is 12.2. The number of benzene rings is 1. The van der Waals surface area contributed by atoms with Crippen LogP contribution in [0.1, 0.15) is 35.7 Å². The van der Waals surface area contributed by atoms with E-state index in [4.69, 9.17) is 4.52 Å². The minimum atomic E-state index is -0.0607. The van der Waals surface area contributed by atoms with Gasteiger partial charge < -0.3 is 14.7 Å². The van der Waals surface area contributed by atoms with E-state index in [0.29, 0.717) is 29.9 Å². The van der Waals surface area contributed by atoms with Crippen molar-refractivity contribution < 1.29 is 9.32 Å². The molecule has 7 nitrogen and oxygen atoms in total. The van der Waals surface area contributed by atoms with Crippen LogP contribution in [0, 0.1) is 5.92 Å². The average molecular weight is 391 g/mol. The van der Waals surface area contributed by atoms with Gasteiger partial charge in [0, 0.05) is 37.6 Å². The van der Waals surface area contributed by atoms with Gasteiger partial charge in [-0.15, -0.1) is 0 Å². The average Bonchev–Trinajstić information content (AvgIpc) is 3.42. The first-order chi connectivity index (χ1) is 14.2. The number of rotatable bonds is 7. The Morgan fingerprint density at radius 3 is 2.97 bits per heavy atom. The lowest BCUT2D eigenvalue weighted by Gasteiger charge is -2.13. The van der Waals surface area contributed by atoms with Gasteiger partial charge in [0.25, 0.3) is 17.7 Å². The summed E-state index contributed by atoms with van der Waals surface area (Å²) < 4.78 is 5.43. The number of hydrogen-bond acceptors (Lipinski definition) is 6. The molecule has 1 unspecified atom stereocenters. The van der Waals surface area contributed by atoms with E-state index in [1.54, 1.807) is 6.20 Å². The fourth-order valence-electron chi connectivity index (χ4n) is 3.62. The van der Waals surface area contributed by atoms with Gasteiger partial charge in [-0.25, -0.2) is 0 Å². The zero-order chi connectivity index (χ0) is 20.1. The molecule has 150 valence electrons. The van der Waals surface area contributed by atoms with Crippen molar-refractivity contribution in [3.63, 3.8) is 0 Å². The zero-order valence-electron chi connectivity index (χ0n) is 16.5. The topological polar surface area (TPSA) is 84.2 Å². The maximum absolute atomic E-state index is 12.2. The Labute approximate surface area is 170 Å². The largest absolute Gasteiger partial charge is 0.352 e. The van der Waals surface area contributed by atoms with Crippen LogP contribution in [0.4, 0.5) is 5.95 Å². The number of nitrogens with one attached hydrogen (secondary N) is 1. The lowest BCUT2D eigenvalue weighted by atomic mass is 9.99. The minimum Gasteiger partial charge on any atom is -0.352 e. The predicted molar refractivity (Wildman–Crippen MR) is 111 cm³/mol. The van der Waals surface area contributed by atoms with Crippen molar-refractivity contribution in [1.29, 1.82) is 0 Å². The van der Waals surface area contributed by atoms with Crippen molar-refractivity contribution in [1.82, 2.24) is 20.4 Å². The highest BCUT2D eigenvalue weighted by Crippen LogP contribution is 2.26. The summed E-state index contributed by atoms with van der Waals surface area (Å²) >= 11 is 0. The second kappa shape index (κ2) is 8.86. The van der Waals surface area contributed by atoms with Crippen LogP contribution in [0.15, 0.2) is 53.3 Å². The SMILES string of the molecule is CCCNC(=O)c1cncc(CC2CCN(c3noc(-c4ccccc4)n3)C2)c1. The number of hydrogen-bond donors (Lipinski definition) is 1. The fourth-order valence-corrected chi connectivity index (χ4v) is 3.62. The van der Waals surface area contributed by atoms with Crippen LogP contribution in [-0.2, 0) is 6.42 Å². The molecule has 0 spiro atoms. The van der Waals surface area contributed by atoms with E-state index in [9.17, 15) is 4.79 Å². The molecule has 1 N–H and O–H groups in total. The highest BCUT2D eigenvalue weighted by atomic mass is 16.5. The normalized spacial score (nSPS) is 16.2. The van der Waals surface area contributed by atoms with E-state index < -0.39 is 0 Å². The third kappa shape index (κ3) is 4.62. The predicted octanol–water partition coefficient (Wildman–Crippen LogP) is 3.34. The molecular formula is C22H25N5O2. The number of aromatic nitrogens is 3. The van der Waals surface area contributed by atoms with Gasteiger partial charge in [0.15, 0.2) is 0 Å². The summed E-state index contributed by atoms with van der Waals surface area (Å²) in [5.41, 5.74) is 2.63. The molecule has 1 aliphatic heterocycles. The Hall–Kier alpha value is -3.22. The summed E-state index contributed by atoms with van der Waals surface area (Å²) in [5, 5.41) is 7.06. The maximum Gasteiger partial charge on any atom is 0.266 e. The Bertz CT molecular complexity index is 957. The number of nitrogens with zero attached hydrogens (tertiary/aromatic N) is 4. The summed E-state index contributed by atoms with van der Waals surface area (Å²) in [7, 11) is 0. The molecule has 3 heterocycles. The Morgan fingerprint density at radius 2 is 2.14 bits per heavy atom. The van der Waals surface area contributed by atoms with Crippen molar-refractivity contribution in [2.75, 3.05) is 24.5 Å². The number of pyridine rings is 1. The second-order valence-corrected chi connectivity index (χ2v) is 7.41. The molecule has 4 rings (SSSR count). The fraction of sp³-hybridized carbons (Fsp3) is 0.364. The Balaban J connectivity index is 1.37. The van der Waals surface area contributed by atoms with Crippen LogP contribution in [0.3, 0.4) is 0 Å². The first kappa shape index (κ1) is 19.1. The van der Waals surface area contributed by atoms with Gasteiger partial charge in [-0.05, 0) is 54.1 Å². The first-order valence-electron chi connectivity index (χ1n) is 10.1. The van der Waals surface area contributed by atoms with E-state index in [1.165, 1.54) is 0 Å². The van der Waals surface area contributed by atoms with Crippen LogP contribution >= 0.6 is 0 Å². The van der Waals surface area contributed by atoms with Crippen molar-refractivity contribution in [2.45, 2.75) is 26.2 Å². The van der Waals surface area contributed by atoms with Crippen molar-refractivity contribution in [2.24, 2.45) is 5.92 Å². The minimum absolute atomic E-state index is 0.0607. The highest BCUT2D eigenvalue weighted by molar-refractivity contribution is 5.93. The molecular weight excluding hydrogens is 366 g/mol. The summed E-state index contributed by atoms with van der Waals surface area (Å²) in [4.78, 5) is 23.1. The zero-order valence-corrected chi connectivity index (χ0v) is 16.5. The molecule has 1 atom stereocenters. The number of carbonyl (C=O) groups is 1. The summed E-state index contributed by atoms with van der Waals surface area (Å²) in [5.74, 6) is 1.58. The molecule has 29 heavy (non-hydrogen) atoms. The number of carbonyl (C=O) groups excluding carboxylic acids is 1. The molecule has 1 saturated heterocycles. The molecule has 0 aliphatic carbocycles. The molecule has 7 heteroatoms. The van der Waals surface area contributed by atoms with Gasteiger partial charge in [0.1, 0.15) is 0 Å². The lowest BCUT2D eigenvalue weighted by molar-refractivity contribution is 0.0953. The van der Waals surface area contributed by atoms with Crippen molar-refractivity contribution >= 4 is 11.9 Å². The molecule has 1 fully saturated rings. The number of amides is 1. The molecule has 1 aliphatic rings. The first-order valence-corrected chi connectivity index (χ1v) is 10.1. The van der Waals surface area contributed by atoms with Crippen LogP contribution in [0.25, 0.3) is 11.5 Å². The van der Waals surface area contributed by atoms with Crippen LogP contribution in [0.2, 0.25) is 0 Å². The Morgan fingerprint density at radius 1 is 1.28 bits per heavy atom. The third-order valence-electron chi connectivity index (χ3n) is 5.12. The van der Waals surface area contributed by atoms with E-state index in [-0.39, 0.29) is 5.91 Å². The molecule has 3 aromatic rings. The smallest absolute Gasteiger partial charge is 0.266 e. The van der Waals surface area contributed by atoms with E-state index >= 15 is 0 Å². The molecule has 1 amide bonds. The van der Waals surface area contributed by atoms with E-state index in [1.807, 2.05) is 49.5 Å². The van der Waals surface area contributed by atoms with E-state index in [2.05, 4.69) is 25.3 Å². The molecule has 1 aromatic carbocycles. The standard InChI is InChI=1S/C22H25N5O2/c1-2-9-24-20(28)19-12-17(13-23-14-19)11-16-8-10-27(15-16)22-25-21(29-26-22)18-6-4-3-5-7-18/h3-7,12-14,16H,2,8-11,15H2,1H3,(H,24,28). The molecule has 2 aromatic heterocycles.